The highest BCUT2D eigenvalue weighted by atomic mass is 32.2. The molecular formula is C14H22N2OS. The molecule has 1 saturated carbocycles. The van der Waals surface area contributed by atoms with Crippen LogP contribution < -0.4 is 15.8 Å². The molecule has 3 nitrogen and oxygen atoms in total. The molecule has 1 fully saturated rings. The number of hydrogen-bond donors (Lipinski definition) is 2. The fourth-order valence-electron chi connectivity index (χ4n) is 2.54. The monoisotopic (exact) mass is 266 g/mol. The summed E-state index contributed by atoms with van der Waals surface area (Å²) in [6.07, 6.45) is 3.87. The van der Waals surface area contributed by atoms with Gasteiger partial charge < -0.3 is 15.8 Å². The van der Waals surface area contributed by atoms with E-state index in [0.717, 1.165) is 22.4 Å². The van der Waals surface area contributed by atoms with Gasteiger partial charge in [-0.05, 0) is 24.7 Å². The fraction of sp³-hybridized carbons (Fsp3) is 0.571. The first kappa shape index (κ1) is 13.4. The average Bonchev–Trinajstić information content (AvgIpc) is 2.76. The highest BCUT2D eigenvalue weighted by Crippen LogP contribution is 2.33. The van der Waals surface area contributed by atoms with Crippen LogP contribution in [0.2, 0.25) is 0 Å². The van der Waals surface area contributed by atoms with Gasteiger partial charge in [-0.25, -0.2) is 0 Å². The summed E-state index contributed by atoms with van der Waals surface area (Å²) in [4.78, 5) is 0. The first-order chi connectivity index (χ1) is 8.72. The zero-order valence-corrected chi connectivity index (χ0v) is 11.9. The van der Waals surface area contributed by atoms with Crippen molar-refractivity contribution in [3.05, 3.63) is 18.2 Å². The number of hydrogen-bond acceptors (Lipinski definition) is 4. The Morgan fingerprint density at radius 1 is 1.39 bits per heavy atom. The van der Waals surface area contributed by atoms with Gasteiger partial charge in [0.1, 0.15) is 5.75 Å². The number of rotatable bonds is 5. The number of nitrogens with one attached hydrogen (secondary N) is 1. The van der Waals surface area contributed by atoms with Gasteiger partial charge in [-0.1, -0.05) is 13.3 Å². The third-order valence-corrected chi connectivity index (χ3v) is 4.68. The van der Waals surface area contributed by atoms with Crippen LogP contribution in [0.5, 0.6) is 5.75 Å². The van der Waals surface area contributed by atoms with E-state index in [2.05, 4.69) is 24.0 Å². The summed E-state index contributed by atoms with van der Waals surface area (Å²) < 4.78 is 5.25. The van der Waals surface area contributed by atoms with Crippen LogP contribution in [0.1, 0.15) is 26.2 Å². The zero-order chi connectivity index (χ0) is 13.0. The third kappa shape index (κ3) is 3.25. The van der Waals surface area contributed by atoms with Crippen molar-refractivity contribution in [3.63, 3.8) is 0 Å². The number of anilines is 2. The number of nitrogens with two attached hydrogens (primary N) is 1. The van der Waals surface area contributed by atoms with Crippen LogP contribution >= 0.6 is 11.8 Å². The molecule has 0 aromatic heterocycles. The SMILES string of the molecule is CCSC1CCCC1Nc1cc(N)cc(OC)c1. The van der Waals surface area contributed by atoms with E-state index in [0.29, 0.717) is 6.04 Å². The Morgan fingerprint density at radius 2 is 2.22 bits per heavy atom. The second-order valence-corrected chi connectivity index (χ2v) is 6.19. The fourth-order valence-corrected chi connectivity index (χ4v) is 3.74. The lowest BCUT2D eigenvalue weighted by atomic mass is 10.2. The predicted octanol–water partition coefficient (Wildman–Crippen LogP) is 3.36. The van der Waals surface area contributed by atoms with Crippen molar-refractivity contribution in [3.8, 4) is 5.75 Å². The standard InChI is InChI=1S/C14H22N2OS/c1-3-18-14-6-4-5-13(14)16-11-7-10(15)8-12(9-11)17-2/h7-9,13-14,16H,3-6,15H2,1-2H3. The first-order valence-corrected chi connectivity index (χ1v) is 7.60. The largest absolute Gasteiger partial charge is 0.497 e. The highest BCUT2D eigenvalue weighted by Gasteiger charge is 2.26. The van der Waals surface area contributed by atoms with E-state index in [9.17, 15) is 0 Å². The number of thioether (sulfide) groups is 1. The number of ether oxygens (including phenoxy) is 1. The van der Waals surface area contributed by atoms with Crippen molar-refractivity contribution in [2.45, 2.75) is 37.5 Å². The Kier molecular flexibility index (Phi) is 4.64. The van der Waals surface area contributed by atoms with Gasteiger partial charge in [0.15, 0.2) is 0 Å². The molecule has 0 radical (unpaired) electrons. The lowest BCUT2D eigenvalue weighted by Crippen LogP contribution is -2.26. The van der Waals surface area contributed by atoms with Gasteiger partial charge in [0, 0.05) is 34.8 Å². The summed E-state index contributed by atoms with van der Waals surface area (Å²) in [7, 11) is 1.67. The van der Waals surface area contributed by atoms with Crippen molar-refractivity contribution in [2.24, 2.45) is 0 Å². The molecule has 1 aromatic carbocycles. The van der Waals surface area contributed by atoms with Gasteiger partial charge in [-0.3, -0.25) is 0 Å². The van der Waals surface area contributed by atoms with E-state index in [1.165, 1.54) is 25.0 Å². The second-order valence-electron chi connectivity index (χ2n) is 4.67. The van der Waals surface area contributed by atoms with E-state index in [4.69, 9.17) is 10.5 Å². The third-order valence-electron chi connectivity index (χ3n) is 3.35. The van der Waals surface area contributed by atoms with Crippen LogP contribution in [-0.4, -0.2) is 24.2 Å². The average molecular weight is 266 g/mol. The predicted molar refractivity (Wildman–Crippen MR) is 80.6 cm³/mol. The molecule has 2 unspecified atom stereocenters. The van der Waals surface area contributed by atoms with E-state index >= 15 is 0 Å². The summed E-state index contributed by atoms with van der Waals surface area (Å²) >= 11 is 2.06. The quantitative estimate of drug-likeness (QED) is 0.802. The summed E-state index contributed by atoms with van der Waals surface area (Å²) in [5.41, 5.74) is 7.69. The topological polar surface area (TPSA) is 47.3 Å². The Balaban J connectivity index is 2.06. The minimum Gasteiger partial charge on any atom is -0.497 e. The van der Waals surface area contributed by atoms with Crippen molar-refractivity contribution in [2.75, 3.05) is 23.9 Å². The maximum atomic E-state index is 5.88. The molecular weight excluding hydrogens is 244 g/mol. The van der Waals surface area contributed by atoms with Gasteiger partial charge >= 0.3 is 0 Å². The molecule has 0 bridgehead atoms. The summed E-state index contributed by atoms with van der Waals surface area (Å²) in [5.74, 6) is 2.00. The molecule has 1 aliphatic rings. The maximum Gasteiger partial charge on any atom is 0.122 e. The molecule has 0 aliphatic heterocycles. The smallest absolute Gasteiger partial charge is 0.122 e. The molecule has 100 valence electrons. The summed E-state index contributed by atoms with van der Waals surface area (Å²) in [6.45, 7) is 2.23. The Labute approximate surface area is 113 Å². The van der Waals surface area contributed by atoms with Gasteiger partial charge in [0.2, 0.25) is 0 Å². The van der Waals surface area contributed by atoms with E-state index in [-0.39, 0.29) is 0 Å². The van der Waals surface area contributed by atoms with Crippen LogP contribution in [0, 0.1) is 0 Å². The molecule has 3 N–H and O–H groups in total. The molecule has 4 heteroatoms. The van der Waals surface area contributed by atoms with Gasteiger partial charge in [0.05, 0.1) is 7.11 Å². The van der Waals surface area contributed by atoms with E-state index in [1.54, 1.807) is 7.11 Å². The van der Waals surface area contributed by atoms with Gasteiger partial charge in [0.25, 0.3) is 0 Å². The van der Waals surface area contributed by atoms with Crippen molar-refractivity contribution >= 4 is 23.1 Å². The lowest BCUT2D eigenvalue weighted by Gasteiger charge is -2.21. The molecule has 2 atom stereocenters. The molecule has 0 spiro atoms. The van der Waals surface area contributed by atoms with Crippen molar-refractivity contribution in [1.29, 1.82) is 0 Å². The minimum atomic E-state index is 0.557. The highest BCUT2D eigenvalue weighted by molar-refractivity contribution is 7.99. The molecule has 1 aliphatic carbocycles. The van der Waals surface area contributed by atoms with Gasteiger partial charge in [-0.2, -0.15) is 11.8 Å². The minimum absolute atomic E-state index is 0.557. The van der Waals surface area contributed by atoms with Crippen LogP contribution in [-0.2, 0) is 0 Å². The van der Waals surface area contributed by atoms with Crippen LogP contribution in [0.25, 0.3) is 0 Å². The molecule has 0 saturated heterocycles. The van der Waals surface area contributed by atoms with Crippen LogP contribution in [0.4, 0.5) is 11.4 Å². The molecule has 1 aromatic rings. The Morgan fingerprint density at radius 3 is 2.94 bits per heavy atom. The van der Waals surface area contributed by atoms with Crippen LogP contribution in [0.3, 0.4) is 0 Å². The van der Waals surface area contributed by atoms with Crippen molar-refractivity contribution in [1.82, 2.24) is 0 Å². The Bertz CT molecular complexity index is 397. The summed E-state index contributed by atoms with van der Waals surface area (Å²) in [6, 6.07) is 6.40. The lowest BCUT2D eigenvalue weighted by molar-refractivity contribution is 0.415. The normalized spacial score (nSPS) is 23.0. The van der Waals surface area contributed by atoms with E-state index in [1.807, 2.05) is 18.2 Å². The Hall–Kier alpha value is -1.03. The maximum absolute atomic E-state index is 5.88. The van der Waals surface area contributed by atoms with Crippen molar-refractivity contribution < 1.29 is 4.74 Å². The first-order valence-electron chi connectivity index (χ1n) is 6.55. The second kappa shape index (κ2) is 6.23. The van der Waals surface area contributed by atoms with E-state index < -0.39 is 0 Å². The molecule has 0 heterocycles. The molecule has 18 heavy (non-hydrogen) atoms. The molecule has 2 rings (SSSR count). The molecule has 0 amide bonds. The number of methoxy groups -OCH3 is 1. The van der Waals surface area contributed by atoms with Crippen LogP contribution in [0.15, 0.2) is 18.2 Å². The summed E-state index contributed by atoms with van der Waals surface area (Å²) in [5, 5.41) is 4.33. The zero-order valence-electron chi connectivity index (χ0n) is 11.1. The van der Waals surface area contributed by atoms with Gasteiger partial charge in [-0.15, -0.1) is 0 Å². The number of nitrogen functional groups attached to an aromatic ring is 1. The number of benzene rings is 1.